The van der Waals surface area contributed by atoms with Gasteiger partial charge in [-0.1, -0.05) is 19.8 Å². The number of carbonyl (C=O) groups excluding carboxylic acids is 1. The maximum atomic E-state index is 13.3. The maximum absolute atomic E-state index is 13.3. The zero-order valence-corrected chi connectivity index (χ0v) is 9.42. The van der Waals surface area contributed by atoms with E-state index in [1.165, 1.54) is 12.1 Å². The number of nitrogen functional groups attached to an aromatic ring is 1. The first-order chi connectivity index (χ1) is 7.65. The lowest BCUT2D eigenvalue weighted by Crippen LogP contribution is -2.25. The van der Waals surface area contributed by atoms with Crippen LogP contribution in [0.2, 0.25) is 0 Å². The van der Waals surface area contributed by atoms with Gasteiger partial charge >= 0.3 is 0 Å². The third kappa shape index (κ3) is 3.53. The van der Waals surface area contributed by atoms with Crippen LogP contribution in [0.4, 0.5) is 10.1 Å². The highest BCUT2D eigenvalue weighted by Crippen LogP contribution is 2.11. The third-order valence-corrected chi connectivity index (χ3v) is 2.30. The Kier molecular flexibility index (Phi) is 4.76. The van der Waals surface area contributed by atoms with Gasteiger partial charge in [-0.05, 0) is 24.6 Å². The second-order valence-electron chi connectivity index (χ2n) is 3.70. The number of halogens is 1. The standard InChI is InChI=1S/C12H17FN2O/c1-2-3-4-7-15-12(16)10-6-5-9(14)8-11(10)13/h5-6,8H,2-4,7,14H2,1H3,(H,15,16). The molecule has 0 fully saturated rings. The molecule has 0 aliphatic carbocycles. The lowest BCUT2D eigenvalue weighted by atomic mass is 10.1. The predicted octanol–water partition coefficient (Wildman–Crippen LogP) is 2.33. The smallest absolute Gasteiger partial charge is 0.254 e. The molecule has 1 rings (SSSR count). The average Bonchev–Trinajstić information content (AvgIpc) is 2.24. The summed E-state index contributed by atoms with van der Waals surface area (Å²) in [5.41, 5.74) is 5.76. The van der Waals surface area contributed by atoms with Crippen molar-refractivity contribution in [2.24, 2.45) is 0 Å². The summed E-state index contributed by atoms with van der Waals surface area (Å²) in [4.78, 5) is 11.5. The average molecular weight is 224 g/mol. The van der Waals surface area contributed by atoms with Gasteiger partial charge in [-0.25, -0.2) is 4.39 Å². The highest BCUT2D eigenvalue weighted by atomic mass is 19.1. The number of hydrogen-bond donors (Lipinski definition) is 2. The second-order valence-corrected chi connectivity index (χ2v) is 3.70. The summed E-state index contributed by atoms with van der Waals surface area (Å²) < 4.78 is 13.3. The number of amides is 1. The Labute approximate surface area is 94.8 Å². The van der Waals surface area contributed by atoms with Crippen molar-refractivity contribution in [2.45, 2.75) is 26.2 Å². The van der Waals surface area contributed by atoms with Crippen molar-refractivity contribution in [1.82, 2.24) is 5.32 Å². The van der Waals surface area contributed by atoms with Crippen LogP contribution in [-0.2, 0) is 0 Å². The van der Waals surface area contributed by atoms with Crippen molar-refractivity contribution in [3.63, 3.8) is 0 Å². The molecule has 0 aliphatic heterocycles. The molecule has 0 unspecified atom stereocenters. The molecule has 4 heteroatoms. The van der Waals surface area contributed by atoms with Crippen LogP contribution in [0.25, 0.3) is 0 Å². The van der Waals surface area contributed by atoms with Crippen LogP contribution in [0.3, 0.4) is 0 Å². The van der Waals surface area contributed by atoms with Crippen LogP contribution in [-0.4, -0.2) is 12.5 Å². The molecule has 0 spiro atoms. The number of anilines is 1. The lowest BCUT2D eigenvalue weighted by Gasteiger charge is -2.06. The van der Waals surface area contributed by atoms with E-state index in [1.54, 1.807) is 0 Å². The van der Waals surface area contributed by atoms with Crippen molar-refractivity contribution in [3.05, 3.63) is 29.6 Å². The summed E-state index contributed by atoms with van der Waals surface area (Å²) in [6.07, 6.45) is 3.06. The molecule has 0 aromatic heterocycles. The molecule has 0 radical (unpaired) electrons. The maximum Gasteiger partial charge on any atom is 0.254 e. The van der Waals surface area contributed by atoms with Crippen LogP contribution >= 0.6 is 0 Å². The Balaban J connectivity index is 2.53. The molecule has 1 amide bonds. The van der Waals surface area contributed by atoms with Crippen molar-refractivity contribution >= 4 is 11.6 Å². The summed E-state index contributed by atoms with van der Waals surface area (Å²) in [6.45, 7) is 2.66. The normalized spacial score (nSPS) is 10.1. The zero-order chi connectivity index (χ0) is 12.0. The Morgan fingerprint density at radius 1 is 1.44 bits per heavy atom. The molecule has 3 nitrogen and oxygen atoms in total. The van der Waals surface area contributed by atoms with Crippen LogP contribution in [0.15, 0.2) is 18.2 Å². The van der Waals surface area contributed by atoms with Crippen molar-refractivity contribution in [1.29, 1.82) is 0 Å². The topological polar surface area (TPSA) is 55.1 Å². The molecule has 0 aliphatic rings. The fraction of sp³-hybridized carbons (Fsp3) is 0.417. The number of carbonyl (C=O) groups is 1. The number of nitrogens with one attached hydrogen (secondary N) is 1. The molecule has 0 bridgehead atoms. The summed E-state index contributed by atoms with van der Waals surface area (Å²) in [6, 6.07) is 4.07. The monoisotopic (exact) mass is 224 g/mol. The third-order valence-electron chi connectivity index (χ3n) is 2.30. The van der Waals surface area contributed by atoms with Gasteiger partial charge < -0.3 is 11.1 Å². The van der Waals surface area contributed by atoms with Crippen LogP contribution < -0.4 is 11.1 Å². The fourth-order valence-corrected chi connectivity index (χ4v) is 1.39. The zero-order valence-electron chi connectivity index (χ0n) is 9.42. The van der Waals surface area contributed by atoms with E-state index in [0.717, 1.165) is 25.3 Å². The first kappa shape index (κ1) is 12.5. The predicted molar refractivity (Wildman–Crippen MR) is 62.7 cm³/mol. The number of benzene rings is 1. The second kappa shape index (κ2) is 6.10. The first-order valence-corrected chi connectivity index (χ1v) is 5.48. The minimum absolute atomic E-state index is 0.0469. The van der Waals surface area contributed by atoms with Crippen LogP contribution in [0.5, 0.6) is 0 Å². The van der Waals surface area contributed by atoms with E-state index in [-0.39, 0.29) is 11.5 Å². The van der Waals surface area contributed by atoms with Gasteiger partial charge in [0.15, 0.2) is 0 Å². The molecular weight excluding hydrogens is 207 g/mol. The van der Waals surface area contributed by atoms with Gasteiger partial charge in [0, 0.05) is 12.2 Å². The first-order valence-electron chi connectivity index (χ1n) is 5.48. The molecule has 0 saturated carbocycles. The molecule has 0 heterocycles. The van der Waals surface area contributed by atoms with E-state index in [9.17, 15) is 9.18 Å². The van der Waals surface area contributed by atoms with Gasteiger partial charge in [-0.15, -0.1) is 0 Å². The van der Waals surface area contributed by atoms with Gasteiger partial charge in [0.1, 0.15) is 5.82 Å². The van der Waals surface area contributed by atoms with Crippen LogP contribution in [0, 0.1) is 5.82 Å². The fourth-order valence-electron chi connectivity index (χ4n) is 1.39. The van der Waals surface area contributed by atoms with E-state index < -0.39 is 5.82 Å². The number of unbranched alkanes of at least 4 members (excludes halogenated alkanes) is 2. The number of hydrogen-bond acceptors (Lipinski definition) is 2. The molecule has 3 N–H and O–H groups in total. The highest BCUT2D eigenvalue weighted by molar-refractivity contribution is 5.94. The van der Waals surface area contributed by atoms with E-state index in [2.05, 4.69) is 12.2 Å². The highest BCUT2D eigenvalue weighted by Gasteiger charge is 2.10. The number of nitrogens with two attached hydrogens (primary N) is 1. The van der Waals surface area contributed by atoms with Crippen molar-refractivity contribution in [3.8, 4) is 0 Å². The quantitative estimate of drug-likeness (QED) is 0.595. The van der Waals surface area contributed by atoms with Crippen molar-refractivity contribution < 1.29 is 9.18 Å². The van der Waals surface area contributed by atoms with Gasteiger partial charge in [0.25, 0.3) is 5.91 Å². The SMILES string of the molecule is CCCCCNC(=O)c1ccc(N)cc1F. The molecular formula is C12H17FN2O. The number of rotatable bonds is 5. The van der Waals surface area contributed by atoms with E-state index in [0.29, 0.717) is 12.2 Å². The minimum atomic E-state index is -0.576. The van der Waals surface area contributed by atoms with Crippen molar-refractivity contribution in [2.75, 3.05) is 12.3 Å². The van der Waals surface area contributed by atoms with E-state index >= 15 is 0 Å². The molecule has 16 heavy (non-hydrogen) atoms. The molecule has 1 aromatic rings. The van der Waals surface area contributed by atoms with E-state index in [4.69, 9.17) is 5.73 Å². The molecule has 0 saturated heterocycles. The Hall–Kier alpha value is -1.58. The minimum Gasteiger partial charge on any atom is -0.399 e. The summed E-state index contributed by atoms with van der Waals surface area (Å²) in [5, 5.41) is 2.67. The molecule has 88 valence electrons. The molecule has 1 aromatic carbocycles. The Morgan fingerprint density at radius 2 is 2.19 bits per heavy atom. The van der Waals surface area contributed by atoms with Gasteiger partial charge in [0.05, 0.1) is 5.56 Å². The Bertz CT molecular complexity index is 366. The Morgan fingerprint density at radius 3 is 2.81 bits per heavy atom. The van der Waals surface area contributed by atoms with E-state index in [1.807, 2.05) is 0 Å². The lowest BCUT2D eigenvalue weighted by molar-refractivity contribution is 0.0949. The van der Waals surface area contributed by atoms with Crippen LogP contribution in [0.1, 0.15) is 36.5 Å². The summed E-state index contributed by atoms with van der Waals surface area (Å²) >= 11 is 0. The molecule has 0 atom stereocenters. The van der Waals surface area contributed by atoms with Gasteiger partial charge in [-0.2, -0.15) is 0 Å². The largest absolute Gasteiger partial charge is 0.399 e. The van der Waals surface area contributed by atoms with Gasteiger partial charge in [0.2, 0.25) is 0 Å². The van der Waals surface area contributed by atoms with Gasteiger partial charge in [-0.3, -0.25) is 4.79 Å². The summed E-state index contributed by atoms with van der Waals surface area (Å²) in [7, 11) is 0. The summed E-state index contributed by atoms with van der Waals surface area (Å²) in [5.74, 6) is -0.957.